The number of primary amides is 1. The van der Waals surface area contributed by atoms with Gasteiger partial charge in [-0.1, -0.05) is 12.8 Å². The zero-order valence-electron chi connectivity index (χ0n) is 6.13. The molecule has 1 amide bonds. The fraction of sp³-hybridized carbons (Fsp3) is 0.857. The summed E-state index contributed by atoms with van der Waals surface area (Å²) in [6.45, 7) is 1.48. The van der Waals surface area contributed by atoms with Crippen molar-refractivity contribution < 1.29 is 9.90 Å². The molecule has 0 unspecified atom stereocenters. The van der Waals surface area contributed by atoms with Crippen LogP contribution in [0.4, 0.5) is 0 Å². The van der Waals surface area contributed by atoms with Crippen LogP contribution in [-0.4, -0.2) is 16.6 Å². The standard InChI is InChI=1S/C7H13NO2/c1-7(10,6(8)9)4-5-2-3-5/h5,10H,2-4H2,1H3,(H2,8,9)/t7-/m0/s1. The molecule has 0 aromatic carbocycles. The van der Waals surface area contributed by atoms with Gasteiger partial charge in [0, 0.05) is 0 Å². The maximum absolute atomic E-state index is 10.6. The van der Waals surface area contributed by atoms with Crippen LogP contribution in [0.3, 0.4) is 0 Å². The summed E-state index contributed by atoms with van der Waals surface area (Å²) in [7, 11) is 0. The largest absolute Gasteiger partial charge is 0.380 e. The Morgan fingerprint density at radius 1 is 1.80 bits per heavy atom. The second-order valence-corrected chi connectivity index (χ2v) is 3.29. The van der Waals surface area contributed by atoms with Crippen LogP contribution in [0.25, 0.3) is 0 Å². The van der Waals surface area contributed by atoms with Crippen molar-refractivity contribution in [1.82, 2.24) is 0 Å². The van der Waals surface area contributed by atoms with E-state index in [0.29, 0.717) is 12.3 Å². The summed E-state index contributed by atoms with van der Waals surface area (Å²) in [6, 6.07) is 0. The van der Waals surface area contributed by atoms with E-state index in [2.05, 4.69) is 0 Å². The molecule has 3 nitrogen and oxygen atoms in total. The first-order valence-electron chi connectivity index (χ1n) is 3.54. The summed E-state index contributed by atoms with van der Waals surface area (Å²) in [5.41, 5.74) is 3.68. The molecule has 1 fully saturated rings. The molecular formula is C7H13NO2. The Morgan fingerprint density at radius 3 is 2.60 bits per heavy atom. The van der Waals surface area contributed by atoms with E-state index >= 15 is 0 Å². The maximum Gasteiger partial charge on any atom is 0.249 e. The summed E-state index contributed by atoms with van der Waals surface area (Å²) in [5, 5.41) is 9.33. The Labute approximate surface area is 60.2 Å². The molecular weight excluding hydrogens is 130 g/mol. The number of carbonyl (C=O) groups is 1. The number of hydrogen-bond acceptors (Lipinski definition) is 2. The number of nitrogens with two attached hydrogens (primary N) is 1. The molecule has 1 saturated carbocycles. The molecule has 0 radical (unpaired) electrons. The lowest BCUT2D eigenvalue weighted by Crippen LogP contribution is -2.41. The van der Waals surface area contributed by atoms with Crippen molar-refractivity contribution in [1.29, 1.82) is 0 Å². The predicted molar refractivity (Wildman–Crippen MR) is 37.2 cm³/mol. The summed E-state index contributed by atoms with van der Waals surface area (Å²) < 4.78 is 0. The van der Waals surface area contributed by atoms with Gasteiger partial charge in [0.05, 0.1) is 0 Å². The van der Waals surface area contributed by atoms with Gasteiger partial charge in [-0.3, -0.25) is 4.79 Å². The van der Waals surface area contributed by atoms with Crippen molar-refractivity contribution in [3.8, 4) is 0 Å². The molecule has 10 heavy (non-hydrogen) atoms. The van der Waals surface area contributed by atoms with Crippen molar-refractivity contribution in [2.75, 3.05) is 0 Å². The molecule has 0 aliphatic heterocycles. The second-order valence-electron chi connectivity index (χ2n) is 3.29. The van der Waals surface area contributed by atoms with Crippen LogP contribution < -0.4 is 5.73 Å². The smallest absolute Gasteiger partial charge is 0.249 e. The van der Waals surface area contributed by atoms with Crippen LogP contribution in [0.15, 0.2) is 0 Å². The van der Waals surface area contributed by atoms with E-state index in [4.69, 9.17) is 5.73 Å². The lowest BCUT2D eigenvalue weighted by atomic mass is 9.99. The van der Waals surface area contributed by atoms with E-state index in [1.807, 2.05) is 0 Å². The summed E-state index contributed by atoms with van der Waals surface area (Å²) in [5.74, 6) is -0.0816. The minimum atomic E-state index is -1.28. The monoisotopic (exact) mass is 143 g/mol. The number of rotatable bonds is 3. The van der Waals surface area contributed by atoms with Crippen molar-refractivity contribution in [2.24, 2.45) is 11.7 Å². The van der Waals surface area contributed by atoms with E-state index in [0.717, 1.165) is 12.8 Å². The molecule has 0 aromatic rings. The maximum atomic E-state index is 10.6. The summed E-state index contributed by atoms with van der Waals surface area (Å²) in [4.78, 5) is 10.6. The zero-order valence-corrected chi connectivity index (χ0v) is 6.13. The third kappa shape index (κ3) is 1.70. The van der Waals surface area contributed by atoms with Crippen LogP contribution >= 0.6 is 0 Å². The average molecular weight is 143 g/mol. The Kier molecular flexibility index (Phi) is 1.68. The molecule has 1 aliphatic rings. The molecule has 58 valence electrons. The Hall–Kier alpha value is -0.570. The lowest BCUT2D eigenvalue weighted by Gasteiger charge is -2.17. The molecule has 1 rings (SSSR count). The molecule has 1 atom stereocenters. The molecule has 3 heteroatoms. The van der Waals surface area contributed by atoms with Gasteiger partial charge in [0.15, 0.2) is 0 Å². The van der Waals surface area contributed by atoms with Crippen LogP contribution in [-0.2, 0) is 4.79 Å². The van der Waals surface area contributed by atoms with Crippen LogP contribution in [0, 0.1) is 5.92 Å². The van der Waals surface area contributed by atoms with Crippen molar-refractivity contribution in [2.45, 2.75) is 31.8 Å². The normalized spacial score (nSPS) is 23.8. The summed E-state index contributed by atoms with van der Waals surface area (Å²) >= 11 is 0. The first-order chi connectivity index (χ1) is 4.52. The van der Waals surface area contributed by atoms with Gasteiger partial charge in [0.1, 0.15) is 5.60 Å². The highest BCUT2D eigenvalue weighted by atomic mass is 16.3. The SMILES string of the molecule is C[C@](O)(CC1CC1)C(N)=O. The molecule has 1 aliphatic carbocycles. The van der Waals surface area contributed by atoms with E-state index in [9.17, 15) is 9.90 Å². The van der Waals surface area contributed by atoms with Gasteiger partial charge in [0.2, 0.25) is 5.91 Å². The number of hydrogen-bond donors (Lipinski definition) is 2. The second kappa shape index (κ2) is 2.23. The fourth-order valence-electron chi connectivity index (χ4n) is 0.985. The topological polar surface area (TPSA) is 63.3 Å². The van der Waals surface area contributed by atoms with Gasteiger partial charge in [-0.05, 0) is 19.3 Å². The van der Waals surface area contributed by atoms with Gasteiger partial charge >= 0.3 is 0 Å². The van der Waals surface area contributed by atoms with E-state index in [1.54, 1.807) is 0 Å². The molecule has 0 bridgehead atoms. The highest BCUT2D eigenvalue weighted by Gasteiger charge is 2.35. The van der Waals surface area contributed by atoms with Crippen molar-refractivity contribution >= 4 is 5.91 Å². The first-order valence-corrected chi connectivity index (χ1v) is 3.54. The number of carbonyl (C=O) groups excluding carboxylic acids is 1. The van der Waals surface area contributed by atoms with Crippen molar-refractivity contribution in [3.63, 3.8) is 0 Å². The molecule has 0 spiro atoms. The molecule has 0 heterocycles. The molecule has 0 saturated heterocycles. The van der Waals surface area contributed by atoms with Crippen LogP contribution in [0.2, 0.25) is 0 Å². The number of aliphatic hydroxyl groups is 1. The van der Waals surface area contributed by atoms with Crippen molar-refractivity contribution in [3.05, 3.63) is 0 Å². The number of amides is 1. The molecule has 3 N–H and O–H groups in total. The highest BCUT2D eigenvalue weighted by molar-refractivity contribution is 5.82. The van der Waals surface area contributed by atoms with Crippen LogP contribution in [0.1, 0.15) is 26.2 Å². The minimum absolute atomic E-state index is 0.530. The minimum Gasteiger partial charge on any atom is -0.380 e. The van der Waals surface area contributed by atoms with Gasteiger partial charge in [0.25, 0.3) is 0 Å². The Balaban J connectivity index is 2.40. The Bertz CT molecular complexity index is 150. The quantitative estimate of drug-likeness (QED) is 0.585. The summed E-state index contributed by atoms with van der Waals surface area (Å²) in [6.07, 6.45) is 2.79. The fourth-order valence-corrected chi connectivity index (χ4v) is 0.985. The lowest BCUT2D eigenvalue weighted by molar-refractivity contribution is -0.135. The predicted octanol–water partition coefficient (Wildman–Crippen LogP) is 0.0228. The third-order valence-electron chi connectivity index (χ3n) is 1.91. The Morgan fingerprint density at radius 2 is 2.30 bits per heavy atom. The average Bonchev–Trinajstić information content (AvgIpc) is 2.48. The van der Waals surface area contributed by atoms with E-state index < -0.39 is 11.5 Å². The zero-order chi connectivity index (χ0) is 7.78. The van der Waals surface area contributed by atoms with Gasteiger partial charge in [-0.2, -0.15) is 0 Å². The van der Waals surface area contributed by atoms with Gasteiger partial charge in [-0.25, -0.2) is 0 Å². The molecule has 0 aromatic heterocycles. The van der Waals surface area contributed by atoms with Gasteiger partial charge in [-0.15, -0.1) is 0 Å². The highest BCUT2D eigenvalue weighted by Crippen LogP contribution is 2.36. The first kappa shape index (κ1) is 7.54. The van der Waals surface area contributed by atoms with Gasteiger partial charge < -0.3 is 10.8 Å². The van der Waals surface area contributed by atoms with Crippen LogP contribution in [0.5, 0.6) is 0 Å². The third-order valence-corrected chi connectivity index (χ3v) is 1.91. The van der Waals surface area contributed by atoms with E-state index in [1.165, 1.54) is 6.92 Å². The van der Waals surface area contributed by atoms with E-state index in [-0.39, 0.29) is 0 Å².